The molecule has 0 bridgehead atoms. The van der Waals surface area contributed by atoms with Crippen molar-refractivity contribution in [3.05, 3.63) is 0 Å². The normalized spacial score (nSPS) is 33.0. The van der Waals surface area contributed by atoms with Gasteiger partial charge in [-0.15, -0.1) is 11.6 Å². The number of rotatable bonds is 0. The van der Waals surface area contributed by atoms with Crippen molar-refractivity contribution >= 4 is 17.3 Å². The molecule has 0 radical (unpaired) electrons. The molecule has 0 unspecified atom stereocenters. The molecule has 0 aromatic carbocycles. The van der Waals surface area contributed by atoms with Gasteiger partial charge in [0, 0.05) is 0 Å². The van der Waals surface area contributed by atoms with Gasteiger partial charge in [-0.3, -0.25) is 0 Å². The predicted octanol–water partition coefficient (Wildman–Crippen LogP) is 2.00. The van der Waals surface area contributed by atoms with Gasteiger partial charge in [-0.05, 0) is 19.3 Å². The maximum absolute atomic E-state index is 8.36. The lowest BCUT2D eigenvalue weighted by molar-refractivity contribution is 0.314. The van der Waals surface area contributed by atoms with Crippen molar-refractivity contribution in [3.63, 3.8) is 0 Å². The summed E-state index contributed by atoms with van der Waals surface area (Å²) in [5.41, 5.74) is 0.753. The van der Waals surface area contributed by atoms with E-state index in [2.05, 4.69) is 5.16 Å². The van der Waals surface area contributed by atoms with E-state index in [1.807, 2.05) is 0 Å². The minimum Gasteiger partial charge on any atom is -0.411 e. The Bertz CT molecular complexity index is 124. The van der Waals surface area contributed by atoms with E-state index in [1.165, 1.54) is 0 Å². The van der Waals surface area contributed by atoms with Crippen molar-refractivity contribution < 1.29 is 5.21 Å². The topological polar surface area (TPSA) is 32.6 Å². The molecule has 0 amide bonds. The van der Waals surface area contributed by atoms with Gasteiger partial charge in [0.05, 0.1) is 11.1 Å². The second kappa shape index (κ2) is 3.06. The molecule has 1 aliphatic rings. The van der Waals surface area contributed by atoms with Crippen molar-refractivity contribution in [3.8, 4) is 0 Å². The van der Waals surface area contributed by atoms with E-state index in [0.29, 0.717) is 0 Å². The molecule has 9 heavy (non-hydrogen) atoms. The first-order valence-electron chi connectivity index (χ1n) is 3.19. The van der Waals surface area contributed by atoms with Gasteiger partial charge in [0.15, 0.2) is 0 Å². The van der Waals surface area contributed by atoms with Crippen LogP contribution < -0.4 is 0 Å². The molecule has 3 heteroatoms. The van der Waals surface area contributed by atoms with Gasteiger partial charge >= 0.3 is 0 Å². The summed E-state index contributed by atoms with van der Waals surface area (Å²) in [5, 5.41) is 11.5. The Labute approximate surface area is 59.5 Å². The fraction of sp³-hybridized carbons (Fsp3) is 0.833. The molecule has 1 N–H and O–H groups in total. The number of nitrogens with zero attached hydrogens (tertiary/aromatic N) is 1. The third-order valence-corrected chi connectivity index (χ3v) is 2.10. The highest BCUT2D eigenvalue weighted by molar-refractivity contribution is 6.32. The van der Waals surface area contributed by atoms with Crippen molar-refractivity contribution in [2.75, 3.05) is 0 Å². The lowest BCUT2D eigenvalue weighted by Crippen LogP contribution is -2.18. The molecule has 1 atom stereocenters. The van der Waals surface area contributed by atoms with Crippen LogP contribution in [0.3, 0.4) is 0 Å². The maximum Gasteiger partial charge on any atom is 0.0751 e. The van der Waals surface area contributed by atoms with Crippen molar-refractivity contribution in [2.24, 2.45) is 5.16 Å². The zero-order chi connectivity index (χ0) is 6.69. The Hall–Kier alpha value is -0.240. The van der Waals surface area contributed by atoms with Gasteiger partial charge in [-0.25, -0.2) is 0 Å². The molecule has 0 aromatic rings. The summed E-state index contributed by atoms with van der Waals surface area (Å²) >= 11 is 5.79. The van der Waals surface area contributed by atoms with E-state index in [-0.39, 0.29) is 5.38 Å². The standard InChI is InChI=1S/C6H10ClNO/c7-5-3-1-2-4-6(5)8-9/h5,9H,1-4H2/b8-6-/t5-/m1/s1. The Morgan fingerprint density at radius 2 is 2.33 bits per heavy atom. The van der Waals surface area contributed by atoms with Crippen LogP contribution in [0.15, 0.2) is 5.16 Å². The highest BCUT2D eigenvalue weighted by Crippen LogP contribution is 2.19. The van der Waals surface area contributed by atoms with Gasteiger partial charge in [-0.1, -0.05) is 11.6 Å². The van der Waals surface area contributed by atoms with E-state index in [1.54, 1.807) is 0 Å². The SMILES string of the molecule is O/N=C1/CCCC[C@H]1Cl. The first kappa shape index (κ1) is 6.87. The van der Waals surface area contributed by atoms with Crippen LogP contribution in [0.4, 0.5) is 0 Å². The third-order valence-electron chi connectivity index (χ3n) is 1.63. The van der Waals surface area contributed by atoms with Crippen LogP contribution in [-0.4, -0.2) is 16.3 Å². The Balaban J connectivity index is 2.49. The second-order valence-corrected chi connectivity index (χ2v) is 2.83. The molecule has 0 saturated heterocycles. The lowest BCUT2D eigenvalue weighted by atomic mass is 9.98. The molecule has 52 valence electrons. The fourth-order valence-corrected chi connectivity index (χ4v) is 1.37. The van der Waals surface area contributed by atoms with Gasteiger partial charge in [0.1, 0.15) is 0 Å². The maximum atomic E-state index is 8.36. The summed E-state index contributed by atoms with van der Waals surface area (Å²) in [4.78, 5) is 0. The van der Waals surface area contributed by atoms with E-state index in [4.69, 9.17) is 16.8 Å². The summed E-state index contributed by atoms with van der Waals surface area (Å²) in [6, 6.07) is 0. The minimum absolute atomic E-state index is 0.0104. The number of hydrogen-bond donors (Lipinski definition) is 1. The molecule has 1 fully saturated rings. The quantitative estimate of drug-likeness (QED) is 0.317. The summed E-state index contributed by atoms with van der Waals surface area (Å²) in [7, 11) is 0. The molecular weight excluding hydrogens is 138 g/mol. The Kier molecular flexibility index (Phi) is 2.34. The highest BCUT2D eigenvalue weighted by atomic mass is 35.5. The first-order valence-corrected chi connectivity index (χ1v) is 3.63. The number of alkyl halides is 1. The highest BCUT2D eigenvalue weighted by Gasteiger charge is 2.17. The molecule has 0 aromatic heterocycles. The van der Waals surface area contributed by atoms with Gasteiger partial charge in [0.25, 0.3) is 0 Å². The Morgan fingerprint density at radius 3 is 2.78 bits per heavy atom. The number of halogens is 1. The van der Waals surface area contributed by atoms with Gasteiger partial charge in [0.2, 0.25) is 0 Å². The van der Waals surface area contributed by atoms with Crippen LogP contribution in [-0.2, 0) is 0 Å². The summed E-state index contributed by atoms with van der Waals surface area (Å²) in [5.74, 6) is 0. The average Bonchev–Trinajstić information content (AvgIpc) is 1.89. The number of hydrogen-bond acceptors (Lipinski definition) is 2. The minimum atomic E-state index is -0.0104. The molecule has 0 heterocycles. The van der Waals surface area contributed by atoms with Crippen LogP contribution in [0.2, 0.25) is 0 Å². The molecule has 1 aliphatic carbocycles. The summed E-state index contributed by atoms with van der Waals surface area (Å²) < 4.78 is 0. The molecule has 1 rings (SSSR count). The third kappa shape index (κ3) is 1.58. The molecular formula is C6H10ClNO. The lowest BCUT2D eigenvalue weighted by Gasteiger charge is -2.15. The van der Waals surface area contributed by atoms with Crippen LogP contribution in [0, 0.1) is 0 Å². The second-order valence-electron chi connectivity index (χ2n) is 2.30. The molecule has 0 spiro atoms. The summed E-state index contributed by atoms with van der Waals surface area (Å²) in [6.07, 6.45) is 4.10. The number of oxime groups is 1. The van der Waals surface area contributed by atoms with Crippen molar-refractivity contribution in [2.45, 2.75) is 31.1 Å². The largest absolute Gasteiger partial charge is 0.411 e. The van der Waals surface area contributed by atoms with Crippen molar-refractivity contribution in [1.29, 1.82) is 0 Å². The van der Waals surface area contributed by atoms with E-state index < -0.39 is 0 Å². The summed E-state index contributed by atoms with van der Waals surface area (Å²) in [6.45, 7) is 0. The van der Waals surface area contributed by atoms with Crippen LogP contribution in [0.25, 0.3) is 0 Å². The zero-order valence-corrected chi connectivity index (χ0v) is 5.93. The molecule has 2 nitrogen and oxygen atoms in total. The van der Waals surface area contributed by atoms with E-state index >= 15 is 0 Å². The molecule has 1 saturated carbocycles. The smallest absolute Gasteiger partial charge is 0.0751 e. The Morgan fingerprint density at radius 1 is 1.56 bits per heavy atom. The van der Waals surface area contributed by atoms with Crippen LogP contribution >= 0.6 is 11.6 Å². The first-order chi connectivity index (χ1) is 4.34. The predicted molar refractivity (Wildman–Crippen MR) is 37.3 cm³/mol. The van der Waals surface area contributed by atoms with E-state index in [9.17, 15) is 0 Å². The van der Waals surface area contributed by atoms with Gasteiger partial charge < -0.3 is 5.21 Å². The monoisotopic (exact) mass is 147 g/mol. The van der Waals surface area contributed by atoms with Crippen molar-refractivity contribution in [1.82, 2.24) is 0 Å². The zero-order valence-electron chi connectivity index (χ0n) is 5.18. The average molecular weight is 148 g/mol. The van der Waals surface area contributed by atoms with E-state index in [0.717, 1.165) is 31.4 Å². The van der Waals surface area contributed by atoms with Crippen LogP contribution in [0.5, 0.6) is 0 Å². The van der Waals surface area contributed by atoms with Gasteiger partial charge in [-0.2, -0.15) is 0 Å². The molecule has 0 aliphatic heterocycles. The van der Waals surface area contributed by atoms with Crippen LogP contribution in [0.1, 0.15) is 25.7 Å². The fourth-order valence-electron chi connectivity index (χ4n) is 1.07.